The lowest BCUT2D eigenvalue weighted by Crippen LogP contribution is -2.30. The molecule has 618 valence electrons. The molecule has 104 heavy (non-hydrogen) atoms. The normalized spacial score (nSPS) is 14.1. The fourth-order valence-corrected chi connectivity index (χ4v) is 14.8. The second-order valence-electron chi connectivity index (χ2n) is 31.3. The van der Waals surface area contributed by atoms with E-state index in [4.69, 9.17) is 37.0 Å². The number of hydrogen-bond donors (Lipinski definition) is 3. The van der Waals surface area contributed by atoms with E-state index in [0.29, 0.717) is 25.7 Å². The summed E-state index contributed by atoms with van der Waals surface area (Å²) >= 11 is 0. The number of ether oxygens (including phenoxy) is 4. The van der Waals surface area contributed by atoms with Crippen LogP contribution in [0, 0.1) is 11.8 Å². The van der Waals surface area contributed by atoms with Gasteiger partial charge in [-0.15, -0.1) is 0 Å². The highest BCUT2D eigenvalue weighted by molar-refractivity contribution is 7.47. The van der Waals surface area contributed by atoms with E-state index in [0.717, 1.165) is 102 Å². The molecule has 0 aromatic rings. The van der Waals surface area contributed by atoms with Crippen molar-refractivity contribution in [2.24, 2.45) is 11.8 Å². The number of carbonyl (C=O) groups excluding carboxylic acids is 4. The minimum atomic E-state index is -4.97. The van der Waals surface area contributed by atoms with Crippen molar-refractivity contribution >= 4 is 39.5 Å². The van der Waals surface area contributed by atoms with Crippen molar-refractivity contribution in [1.29, 1.82) is 0 Å². The Bertz CT molecular complexity index is 2000. The van der Waals surface area contributed by atoms with Crippen LogP contribution in [-0.2, 0) is 65.4 Å². The second-order valence-corrected chi connectivity index (χ2v) is 34.2. The molecule has 0 saturated carbocycles. The predicted molar refractivity (Wildman–Crippen MR) is 428 cm³/mol. The number of phosphoric acid groups is 2. The van der Waals surface area contributed by atoms with E-state index in [-0.39, 0.29) is 25.7 Å². The molecule has 0 radical (unpaired) electrons. The van der Waals surface area contributed by atoms with Gasteiger partial charge in [0, 0.05) is 25.7 Å². The number of unbranched alkanes of at least 4 members (excludes halogenated alkanes) is 53. The van der Waals surface area contributed by atoms with Gasteiger partial charge in [0.05, 0.1) is 26.4 Å². The van der Waals surface area contributed by atoms with Crippen molar-refractivity contribution in [3.8, 4) is 0 Å². The molecule has 0 aliphatic heterocycles. The van der Waals surface area contributed by atoms with Crippen molar-refractivity contribution in [2.45, 2.75) is 471 Å². The average Bonchev–Trinajstić information content (AvgIpc) is 0.955. The van der Waals surface area contributed by atoms with E-state index >= 15 is 0 Å². The monoisotopic (exact) mass is 1520 g/mol. The van der Waals surface area contributed by atoms with Gasteiger partial charge in [0.15, 0.2) is 12.2 Å². The second kappa shape index (κ2) is 76.4. The van der Waals surface area contributed by atoms with Crippen LogP contribution in [0.3, 0.4) is 0 Å². The summed E-state index contributed by atoms with van der Waals surface area (Å²) in [7, 11) is -9.93. The smallest absolute Gasteiger partial charge is 0.462 e. The first-order chi connectivity index (χ1) is 50.4. The summed E-state index contributed by atoms with van der Waals surface area (Å²) in [5.41, 5.74) is 0. The maximum Gasteiger partial charge on any atom is 0.472 e. The van der Waals surface area contributed by atoms with Gasteiger partial charge in [-0.3, -0.25) is 37.3 Å². The van der Waals surface area contributed by atoms with Crippen LogP contribution in [0.25, 0.3) is 0 Å². The third kappa shape index (κ3) is 76.8. The standard InChI is InChI=1S/C85H166O17P2/c1-7-10-12-14-16-18-20-22-24-25-26-27-28-31-36-40-44-52-58-64-70-85(90)101-80(73-95-82(87)67-61-55-49-42-38-35-32-29-30-33-37-41-47-53-59-65-77(4)5)75-99-103(91,92)97-71-79(86)72-98-104(93,94)100-76-81(74-96-83(88)68-62-56-50-46-45-48-54-60-66-78(6)9-3)102-84(89)69-63-57-51-43-39-34-23-21-19-17-15-13-11-8-2/h77-81,86H,7-76H2,1-6H3,(H,91,92)(H,93,94)/t78?,79-,80-,81-/m1/s1. The number of carbonyl (C=O) groups is 4. The fraction of sp³-hybridized carbons (Fsp3) is 0.953. The van der Waals surface area contributed by atoms with Gasteiger partial charge in [0.2, 0.25) is 0 Å². The first-order valence-corrected chi connectivity index (χ1v) is 47.0. The van der Waals surface area contributed by atoms with E-state index in [2.05, 4.69) is 41.5 Å². The maximum atomic E-state index is 13.1. The highest BCUT2D eigenvalue weighted by Gasteiger charge is 2.30. The molecule has 0 aromatic heterocycles. The van der Waals surface area contributed by atoms with Crippen LogP contribution in [0.15, 0.2) is 0 Å². The maximum absolute atomic E-state index is 13.1. The van der Waals surface area contributed by atoms with Gasteiger partial charge in [-0.05, 0) is 37.5 Å². The Morgan fingerprint density at radius 3 is 0.731 bits per heavy atom. The minimum Gasteiger partial charge on any atom is -0.462 e. The van der Waals surface area contributed by atoms with Gasteiger partial charge < -0.3 is 33.8 Å². The summed E-state index contributed by atoms with van der Waals surface area (Å²) in [6, 6.07) is 0. The quantitative estimate of drug-likeness (QED) is 0.0222. The topological polar surface area (TPSA) is 237 Å². The molecule has 0 heterocycles. The zero-order chi connectivity index (χ0) is 76.4. The van der Waals surface area contributed by atoms with Crippen LogP contribution in [0.2, 0.25) is 0 Å². The van der Waals surface area contributed by atoms with Gasteiger partial charge in [0.1, 0.15) is 19.3 Å². The molecular formula is C85H166O17P2. The Morgan fingerprint density at radius 2 is 0.490 bits per heavy atom. The number of phosphoric ester groups is 2. The van der Waals surface area contributed by atoms with Crippen LogP contribution in [0.4, 0.5) is 0 Å². The van der Waals surface area contributed by atoms with E-state index in [1.54, 1.807) is 0 Å². The number of rotatable bonds is 84. The summed E-state index contributed by atoms with van der Waals surface area (Å²) in [5.74, 6) is -0.518. The van der Waals surface area contributed by atoms with Gasteiger partial charge in [-0.2, -0.15) is 0 Å². The molecule has 6 atom stereocenters. The molecule has 0 amide bonds. The van der Waals surface area contributed by atoms with Crippen molar-refractivity contribution < 1.29 is 80.2 Å². The van der Waals surface area contributed by atoms with Crippen molar-refractivity contribution in [1.82, 2.24) is 0 Å². The van der Waals surface area contributed by atoms with Gasteiger partial charge >= 0.3 is 39.5 Å². The lowest BCUT2D eigenvalue weighted by Gasteiger charge is -2.21. The Hall–Kier alpha value is -1.94. The molecule has 17 nitrogen and oxygen atoms in total. The molecular weight excluding hydrogens is 1350 g/mol. The van der Waals surface area contributed by atoms with E-state index in [1.807, 2.05) is 0 Å². The summed E-state index contributed by atoms with van der Waals surface area (Å²) in [6.07, 6.45) is 67.9. The van der Waals surface area contributed by atoms with Gasteiger partial charge in [-0.1, -0.05) is 401 Å². The Kier molecular flexibility index (Phi) is 75.0. The zero-order valence-electron chi connectivity index (χ0n) is 68.3. The molecule has 0 rings (SSSR count). The molecule has 0 fully saturated rings. The molecule has 19 heteroatoms. The summed E-state index contributed by atoms with van der Waals surface area (Å²) in [4.78, 5) is 73.2. The van der Waals surface area contributed by atoms with Gasteiger partial charge in [-0.25, -0.2) is 9.13 Å². The van der Waals surface area contributed by atoms with Crippen LogP contribution in [0.1, 0.15) is 452 Å². The average molecular weight is 1520 g/mol. The van der Waals surface area contributed by atoms with Gasteiger partial charge in [0.25, 0.3) is 0 Å². The predicted octanol–water partition coefficient (Wildman–Crippen LogP) is 25.8. The zero-order valence-corrected chi connectivity index (χ0v) is 70.1. The molecule has 0 saturated heterocycles. The molecule has 0 spiro atoms. The summed E-state index contributed by atoms with van der Waals surface area (Å²) in [6.45, 7) is 9.70. The van der Waals surface area contributed by atoms with E-state index in [1.165, 1.54) is 270 Å². The molecule has 0 bridgehead atoms. The van der Waals surface area contributed by atoms with Crippen LogP contribution in [0.5, 0.6) is 0 Å². The van der Waals surface area contributed by atoms with Crippen LogP contribution < -0.4 is 0 Å². The number of aliphatic hydroxyl groups excluding tert-OH is 1. The molecule has 3 N–H and O–H groups in total. The third-order valence-electron chi connectivity index (χ3n) is 20.3. The largest absolute Gasteiger partial charge is 0.472 e. The number of aliphatic hydroxyl groups is 1. The molecule has 0 aromatic carbocycles. The van der Waals surface area contributed by atoms with E-state index in [9.17, 15) is 43.2 Å². The Labute approximate surface area is 638 Å². The lowest BCUT2D eigenvalue weighted by molar-refractivity contribution is -0.161. The summed E-state index contributed by atoms with van der Waals surface area (Å²) in [5, 5.41) is 10.7. The third-order valence-corrected chi connectivity index (χ3v) is 22.2. The molecule has 3 unspecified atom stereocenters. The fourth-order valence-electron chi connectivity index (χ4n) is 13.2. The first-order valence-electron chi connectivity index (χ1n) is 44.0. The highest BCUT2D eigenvalue weighted by atomic mass is 31.2. The number of esters is 4. The first kappa shape index (κ1) is 102. The Balaban J connectivity index is 5.25. The molecule has 0 aliphatic carbocycles. The van der Waals surface area contributed by atoms with Crippen molar-refractivity contribution in [3.63, 3.8) is 0 Å². The van der Waals surface area contributed by atoms with Crippen molar-refractivity contribution in [2.75, 3.05) is 39.6 Å². The lowest BCUT2D eigenvalue weighted by atomic mass is 9.99. The minimum absolute atomic E-state index is 0.108. The van der Waals surface area contributed by atoms with E-state index < -0.39 is 97.5 Å². The SMILES string of the molecule is CCCCCCCCCCCCCCCCCCCCCCC(=O)O[C@H](COC(=O)CCCCCCCCCCCCCCCCCC(C)C)COP(=O)(O)OC[C@@H](O)COP(=O)(O)OC[C@@H](COC(=O)CCCCCCCCCCC(C)CC)OC(=O)CCCCCCCCCCCCCCCC. The van der Waals surface area contributed by atoms with Crippen molar-refractivity contribution in [3.05, 3.63) is 0 Å². The molecule has 0 aliphatic rings. The summed E-state index contributed by atoms with van der Waals surface area (Å²) < 4.78 is 68.9. The number of hydrogen-bond acceptors (Lipinski definition) is 15. The highest BCUT2D eigenvalue weighted by Crippen LogP contribution is 2.45. The Morgan fingerprint density at radius 1 is 0.279 bits per heavy atom. The van der Waals surface area contributed by atoms with Crippen LogP contribution >= 0.6 is 15.6 Å². The van der Waals surface area contributed by atoms with Crippen LogP contribution in [-0.4, -0.2) is 96.7 Å².